The van der Waals surface area contributed by atoms with Crippen LogP contribution in [-0.4, -0.2) is 256 Å². The second kappa shape index (κ2) is 27.6. The Bertz CT molecular complexity index is 135. The second-order valence-corrected chi connectivity index (χ2v) is 3.08. The molecule has 0 saturated heterocycles. The molecular weight excluding hydrogens is 430 g/mol. The molecule has 0 aromatic rings. The zero-order chi connectivity index (χ0) is 9.00. The Labute approximate surface area is 272 Å². The third-order valence-corrected chi connectivity index (χ3v) is 0. The first-order valence-electron chi connectivity index (χ1n) is 1.57. The van der Waals surface area contributed by atoms with Crippen LogP contribution in [0.25, 0.3) is 0 Å². The van der Waals surface area contributed by atoms with Crippen LogP contribution in [-0.2, 0) is 9.13 Å². The molecule has 6 N–H and O–H groups in total. The van der Waals surface area contributed by atoms with E-state index in [2.05, 4.69) is 0 Å². The van der Waals surface area contributed by atoms with Gasteiger partial charge in [0, 0.05) is 0 Å². The molecule has 0 aromatic carbocycles. The Kier molecular flexibility index (Phi) is 85.5. The van der Waals surface area contributed by atoms with Crippen LogP contribution in [0.1, 0.15) is 0 Å². The molecule has 0 aromatic heterocycles. The van der Waals surface area contributed by atoms with Crippen molar-refractivity contribution in [2.45, 2.75) is 0 Å². The zero-order valence-corrected chi connectivity index (χ0v) is 6.18. The van der Waals surface area contributed by atoms with Gasteiger partial charge in [0.25, 0.3) is 0 Å². The summed E-state index contributed by atoms with van der Waals surface area (Å²) in [6, 6.07) is 0. The van der Waals surface area contributed by atoms with Crippen molar-refractivity contribution in [3.05, 3.63) is 0 Å². The molecule has 0 unspecified atom stereocenters. The van der Waals surface area contributed by atoms with Gasteiger partial charge in [-0.25, -0.2) is 9.13 Å². The van der Waals surface area contributed by atoms with Gasteiger partial charge >= 0.3 is 242 Å². The van der Waals surface area contributed by atoms with Gasteiger partial charge in [-0.05, 0) is 0 Å². The quantitative estimate of drug-likeness (QED) is 0.158. The van der Waals surface area contributed by atoms with Crippen LogP contribution in [0.4, 0.5) is 0 Å². The van der Waals surface area contributed by atoms with Crippen molar-refractivity contribution < 1.29 is 38.5 Å². The molecule has 0 radical (unpaired) electrons. The summed E-state index contributed by atoms with van der Waals surface area (Å²) in [7, 11) is -9.28. The Morgan fingerprint density at radius 1 is 0.438 bits per heavy atom. The first kappa shape index (κ1) is 49.6. The summed E-state index contributed by atoms with van der Waals surface area (Å²) in [5.41, 5.74) is 0. The molecule has 0 atom stereocenters. The molecule has 0 aliphatic carbocycles. The Hall–Kier alpha value is 7.78. The van der Waals surface area contributed by atoms with E-state index in [0.717, 1.165) is 0 Å². The fourth-order valence-electron chi connectivity index (χ4n) is 0. The normalized spacial score (nSPS) is 7.38. The van der Waals surface area contributed by atoms with Crippen LogP contribution in [0.5, 0.6) is 0 Å². The third-order valence-electron chi connectivity index (χ3n) is 0. The summed E-state index contributed by atoms with van der Waals surface area (Å²) >= 11 is 0. The van der Waals surface area contributed by atoms with E-state index in [0.29, 0.717) is 0 Å². The van der Waals surface area contributed by atoms with Gasteiger partial charge in [0.15, 0.2) is 0 Å². The van der Waals surface area contributed by atoms with Gasteiger partial charge in [-0.2, -0.15) is 0 Å². The molecular formula is H18Ca6O8P2. The van der Waals surface area contributed by atoms with Crippen molar-refractivity contribution in [1.29, 1.82) is 0 Å². The van der Waals surface area contributed by atoms with E-state index in [1.165, 1.54) is 0 Å². The van der Waals surface area contributed by atoms with Gasteiger partial charge in [0.2, 0.25) is 0 Å². The molecule has 0 amide bonds. The summed E-state index contributed by atoms with van der Waals surface area (Å²) in [5, 5.41) is 0. The zero-order valence-electron chi connectivity index (χ0n) is 4.39. The van der Waals surface area contributed by atoms with Gasteiger partial charge in [0.1, 0.15) is 0 Å². The Morgan fingerprint density at radius 3 is 0.438 bits per heavy atom. The van der Waals surface area contributed by atoms with Gasteiger partial charge in [-0.15, -0.1) is 0 Å². The summed E-state index contributed by atoms with van der Waals surface area (Å²) < 4.78 is 17.8. The average molecular weight is 449 g/mol. The van der Waals surface area contributed by atoms with E-state index in [4.69, 9.17) is 38.5 Å². The molecule has 16 heteroatoms. The maximum atomic E-state index is 8.88. The SMILES string of the molecule is O=P(O)(O)O.O=P(O)(O)O.[CaH2].[CaH2].[CaH2].[CaH2].[CaH2].[CaH2]. The number of phosphoric acid groups is 2. The molecule has 0 fully saturated rings. The molecule has 0 spiro atoms. The number of hydrogen-bond donors (Lipinski definition) is 6. The average Bonchev–Trinajstić information content (AvgIpc) is 1.12. The summed E-state index contributed by atoms with van der Waals surface area (Å²) in [4.78, 5) is 43.1. The van der Waals surface area contributed by atoms with Crippen molar-refractivity contribution in [1.82, 2.24) is 0 Å². The summed E-state index contributed by atoms with van der Waals surface area (Å²) in [6.45, 7) is 0. The Morgan fingerprint density at radius 2 is 0.438 bits per heavy atom. The molecule has 0 bridgehead atoms. The third kappa shape index (κ3) is 155. The predicted molar refractivity (Wildman–Crippen MR) is 79.8 cm³/mol. The van der Waals surface area contributed by atoms with Gasteiger partial charge in [0.05, 0.1) is 0 Å². The fraction of sp³-hybridized carbons (Fsp3) is 0. The molecule has 0 aliphatic heterocycles. The van der Waals surface area contributed by atoms with Crippen molar-refractivity contribution in [2.75, 3.05) is 0 Å². The standard InChI is InChI=1S/6Ca.2H3O4P.12H/c;;;;;;2*1-5(2,3)4;;;;;;;;;;;;/h;;;;;;2*(H3,1,2,3,4);;;;;;;;;;;;. The number of hydrogen-bond acceptors (Lipinski definition) is 2. The topological polar surface area (TPSA) is 156 Å². The molecule has 88 valence electrons. The van der Waals surface area contributed by atoms with Crippen LogP contribution in [0.15, 0.2) is 0 Å². The van der Waals surface area contributed by atoms with Crippen molar-refractivity contribution >= 4 is 242 Å². The van der Waals surface area contributed by atoms with E-state index in [-0.39, 0.29) is 226 Å². The van der Waals surface area contributed by atoms with Crippen LogP contribution >= 0.6 is 15.6 Å². The molecule has 0 rings (SSSR count). The van der Waals surface area contributed by atoms with Crippen LogP contribution in [0.2, 0.25) is 0 Å². The monoisotopic (exact) mass is 448 g/mol. The fourth-order valence-corrected chi connectivity index (χ4v) is 0. The van der Waals surface area contributed by atoms with E-state index >= 15 is 0 Å². The van der Waals surface area contributed by atoms with E-state index in [1.54, 1.807) is 0 Å². The predicted octanol–water partition coefficient (Wildman–Crippen LogP) is -7.35. The molecule has 0 aliphatic rings. The molecule has 0 heterocycles. The second-order valence-electron chi connectivity index (χ2n) is 1.03. The molecule has 8 nitrogen and oxygen atoms in total. The van der Waals surface area contributed by atoms with E-state index in [9.17, 15) is 0 Å². The van der Waals surface area contributed by atoms with E-state index < -0.39 is 15.6 Å². The van der Waals surface area contributed by atoms with E-state index in [1.807, 2.05) is 0 Å². The van der Waals surface area contributed by atoms with Gasteiger partial charge in [-0.1, -0.05) is 0 Å². The first-order chi connectivity index (χ1) is 4.00. The van der Waals surface area contributed by atoms with Gasteiger partial charge < -0.3 is 29.4 Å². The minimum absolute atomic E-state index is 0. The van der Waals surface area contributed by atoms with Crippen molar-refractivity contribution in [3.8, 4) is 0 Å². The summed E-state index contributed by atoms with van der Waals surface area (Å²) in [5.74, 6) is 0. The van der Waals surface area contributed by atoms with Gasteiger partial charge in [-0.3, -0.25) is 0 Å². The van der Waals surface area contributed by atoms with Crippen molar-refractivity contribution in [3.63, 3.8) is 0 Å². The maximum absolute atomic E-state index is 8.88. The number of rotatable bonds is 0. The summed E-state index contributed by atoms with van der Waals surface area (Å²) in [6.07, 6.45) is 0. The Balaban J connectivity index is -0.00000000970. The molecule has 16 heavy (non-hydrogen) atoms. The van der Waals surface area contributed by atoms with Crippen molar-refractivity contribution in [2.24, 2.45) is 0 Å². The van der Waals surface area contributed by atoms with Crippen LogP contribution in [0, 0.1) is 0 Å². The minimum atomic E-state index is -4.64. The molecule has 0 saturated carbocycles. The first-order valence-corrected chi connectivity index (χ1v) is 4.70. The van der Waals surface area contributed by atoms with Crippen LogP contribution in [0.3, 0.4) is 0 Å². The van der Waals surface area contributed by atoms with Crippen LogP contribution < -0.4 is 0 Å².